The maximum Gasteiger partial charge on any atom is 0.267 e. The molecule has 0 unspecified atom stereocenters. The maximum atomic E-state index is 12.1. The lowest BCUT2D eigenvalue weighted by Gasteiger charge is -2.06. The molecule has 2 aromatic rings. The zero-order valence-electron chi connectivity index (χ0n) is 12.6. The lowest BCUT2D eigenvalue weighted by atomic mass is 10.2. The van der Waals surface area contributed by atoms with Crippen molar-refractivity contribution < 1.29 is 13.2 Å². The molecule has 0 bridgehead atoms. The van der Waals surface area contributed by atoms with E-state index in [1.807, 2.05) is 0 Å². The van der Waals surface area contributed by atoms with Crippen LogP contribution in [0.15, 0.2) is 59.3 Å². The van der Waals surface area contributed by atoms with Crippen molar-refractivity contribution >= 4 is 38.9 Å². The lowest BCUT2D eigenvalue weighted by Crippen LogP contribution is -2.15. The molecule has 0 aliphatic heterocycles. The van der Waals surface area contributed by atoms with Gasteiger partial charge in [-0.3, -0.25) is 4.79 Å². The van der Waals surface area contributed by atoms with Crippen LogP contribution >= 0.6 is 11.6 Å². The fourth-order valence-electron chi connectivity index (χ4n) is 1.72. The largest absolute Gasteiger partial charge is 0.358 e. The molecule has 1 amide bonds. The Balaban J connectivity index is 2.11. The second kappa shape index (κ2) is 7.76. The van der Waals surface area contributed by atoms with Crippen molar-refractivity contribution in [3.8, 4) is 6.07 Å². The van der Waals surface area contributed by atoms with E-state index in [1.54, 1.807) is 18.2 Å². The Labute approximate surface area is 149 Å². The van der Waals surface area contributed by atoms with Crippen molar-refractivity contribution in [2.24, 2.45) is 5.14 Å². The highest BCUT2D eigenvalue weighted by molar-refractivity contribution is 7.89. The van der Waals surface area contributed by atoms with Gasteiger partial charge in [0.1, 0.15) is 11.6 Å². The number of nitrogens with two attached hydrogens (primary N) is 1. The summed E-state index contributed by atoms with van der Waals surface area (Å²) in [6.07, 6.45) is 2.69. The first kappa shape index (κ1) is 18.4. The summed E-state index contributed by atoms with van der Waals surface area (Å²) < 4.78 is 22.4. The van der Waals surface area contributed by atoms with Gasteiger partial charge in [0.05, 0.1) is 10.6 Å². The molecule has 0 saturated carbocycles. The lowest BCUT2D eigenvalue weighted by molar-refractivity contribution is -0.112. The van der Waals surface area contributed by atoms with Gasteiger partial charge in [-0.15, -0.1) is 0 Å². The first-order valence-corrected chi connectivity index (χ1v) is 8.65. The van der Waals surface area contributed by atoms with E-state index in [-0.39, 0.29) is 15.6 Å². The number of amides is 1. The van der Waals surface area contributed by atoms with Gasteiger partial charge in [0, 0.05) is 18.1 Å². The number of carbonyl (C=O) groups is 1. The Hall–Kier alpha value is -2.93. The molecule has 0 saturated heterocycles. The van der Waals surface area contributed by atoms with E-state index in [4.69, 9.17) is 22.0 Å². The third-order valence-electron chi connectivity index (χ3n) is 2.94. The molecule has 10 heteroatoms. The minimum Gasteiger partial charge on any atom is -0.358 e. The number of carbonyl (C=O) groups excluding carboxylic acids is 1. The number of nitrogens with one attached hydrogen (secondary N) is 2. The second-order valence-electron chi connectivity index (χ2n) is 4.68. The smallest absolute Gasteiger partial charge is 0.267 e. The summed E-state index contributed by atoms with van der Waals surface area (Å²) in [6, 6.07) is 10.2. The second-order valence-corrected chi connectivity index (χ2v) is 6.60. The van der Waals surface area contributed by atoms with E-state index < -0.39 is 15.9 Å². The number of benzene rings is 1. The van der Waals surface area contributed by atoms with E-state index in [0.29, 0.717) is 11.4 Å². The Bertz CT molecular complexity index is 965. The molecule has 0 radical (unpaired) electrons. The minimum atomic E-state index is -3.82. The summed E-state index contributed by atoms with van der Waals surface area (Å²) in [5.41, 5.74) is 0.524. The number of primary sulfonamides is 1. The van der Waals surface area contributed by atoms with Crippen LogP contribution in [0.5, 0.6) is 0 Å². The Morgan fingerprint density at radius 1 is 1.28 bits per heavy atom. The monoisotopic (exact) mass is 377 g/mol. The van der Waals surface area contributed by atoms with Crippen LogP contribution in [0.2, 0.25) is 5.15 Å². The highest BCUT2D eigenvalue weighted by Crippen LogP contribution is 2.18. The zero-order valence-corrected chi connectivity index (χ0v) is 14.2. The molecule has 25 heavy (non-hydrogen) atoms. The van der Waals surface area contributed by atoms with Crippen LogP contribution in [0, 0.1) is 11.3 Å². The Morgan fingerprint density at radius 2 is 1.96 bits per heavy atom. The first-order valence-electron chi connectivity index (χ1n) is 6.73. The minimum absolute atomic E-state index is 0.0885. The number of pyridine rings is 1. The Morgan fingerprint density at radius 3 is 2.52 bits per heavy atom. The number of nitriles is 1. The molecular formula is C15H12ClN5O3S. The fraction of sp³-hybridized carbons (Fsp3) is 0. The van der Waals surface area contributed by atoms with Crippen LogP contribution in [0.25, 0.3) is 0 Å². The zero-order chi connectivity index (χ0) is 18.4. The van der Waals surface area contributed by atoms with Crippen LogP contribution in [-0.2, 0) is 14.8 Å². The van der Waals surface area contributed by atoms with E-state index >= 15 is 0 Å². The van der Waals surface area contributed by atoms with Gasteiger partial charge in [-0.25, -0.2) is 18.5 Å². The van der Waals surface area contributed by atoms with Crippen molar-refractivity contribution in [3.05, 3.63) is 59.5 Å². The molecule has 0 fully saturated rings. The molecule has 4 N–H and O–H groups in total. The van der Waals surface area contributed by atoms with Crippen LogP contribution in [0.4, 0.5) is 11.4 Å². The van der Waals surface area contributed by atoms with Crippen molar-refractivity contribution in [3.63, 3.8) is 0 Å². The molecule has 0 aliphatic rings. The molecule has 0 aliphatic carbocycles. The number of nitrogens with zero attached hydrogens (tertiary/aromatic N) is 2. The predicted octanol–water partition coefficient (Wildman–Crippen LogP) is 1.84. The standard InChI is InChI=1S/C15H12ClN5O3S/c16-14-13(2-1-7-19-14)20-9-10(8-17)15(22)21-11-3-5-12(6-4-11)25(18,23)24/h1-7,9,20H,(H,21,22)(H2,18,23,24)/b10-9-. The maximum absolute atomic E-state index is 12.1. The topological polar surface area (TPSA) is 138 Å². The van der Waals surface area contributed by atoms with Gasteiger partial charge in [-0.05, 0) is 36.4 Å². The molecule has 8 nitrogen and oxygen atoms in total. The number of rotatable bonds is 5. The molecule has 0 spiro atoms. The number of sulfonamides is 1. The summed E-state index contributed by atoms with van der Waals surface area (Å²) in [5.74, 6) is -0.682. The average molecular weight is 378 g/mol. The van der Waals surface area contributed by atoms with Gasteiger partial charge in [-0.2, -0.15) is 5.26 Å². The highest BCUT2D eigenvalue weighted by Gasteiger charge is 2.11. The number of hydrogen-bond donors (Lipinski definition) is 3. The van der Waals surface area contributed by atoms with E-state index in [1.165, 1.54) is 36.7 Å². The third-order valence-corrected chi connectivity index (χ3v) is 4.17. The van der Waals surface area contributed by atoms with Crippen LogP contribution in [0.1, 0.15) is 0 Å². The molecular weight excluding hydrogens is 366 g/mol. The van der Waals surface area contributed by atoms with Crippen molar-refractivity contribution in [1.82, 2.24) is 4.98 Å². The number of halogens is 1. The van der Waals surface area contributed by atoms with Gasteiger partial charge >= 0.3 is 0 Å². The summed E-state index contributed by atoms with van der Waals surface area (Å²) in [6.45, 7) is 0. The summed E-state index contributed by atoms with van der Waals surface area (Å²) in [5, 5.41) is 19.5. The number of aromatic nitrogens is 1. The van der Waals surface area contributed by atoms with Gasteiger partial charge in [-0.1, -0.05) is 11.6 Å². The van der Waals surface area contributed by atoms with Crippen LogP contribution < -0.4 is 15.8 Å². The van der Waals surface area contributed by atoms with Gasteiger partial charge in [0.15, 0.2) is 5.15 Å². The summed E-state index contributed by atoms with van der Waals surface area (Å²) in [7, 11) is -3.82. The molecule has 1 heterocycles. The van der Waals surface area contributed by atoms with Gasteiger partial charge in [0.2, 0.25) is 10.0 Å². The van der Waals surface area contributed by atoms with Crippen LogP contribution in [-0.4, -0.2) is 19.3 Å². The van der Waals surface area contributed by atoms with E-state index in [2.05, 4.69) is 15.6 Å². The van der Waals surface area contributed by atoms with Crippen LogP contribution in [0.3, 0.4) is 0 Å². The quantitative estimate of drug-likeness (QED) is 0.413. The average Bonchev–Trinajstić information content (AvgIpc) is 2.56. The van der Waals surface area contributed by atoms with Gasteiger partial charge < -0.3 is 10.6 Å². The SMILES string of the molecule is N#C/C(=C/Nc1cccnc1Cl)C(=O)Nc1ccc(S(N)(=O)=O)cc1. The summed E-state index contributed by atoms with van der Waals surface area (Å²) >= 11 is 5.87. The van der Waals surface area contributed by atoms with E-state index in [0.717, 1.165) is 0 Å². The molecule has 1 aromatic heterocycles. The van der Waals surface area contributed by atoms with Crippen molar-refractivity contribution in [1.29, 1.82) is 5.26 Å². The Kier molecular flexibility index (Phi) is 5.71. The predicted molar refractivity (Wildman–Crippen MR) is 93.0 cm³/mol. The molecule has 128 valence electrons. The number of hydrogen-bond acceptors (Lipinski definition) is 6. The molecule has 1 aromatic carbocycles. The normalized spacial score (nSPS) is 11.5. The fourth-order valence-corrected chi connectivity index (χ4v) is 2.41. The molecule has 0 atom stereocenters. The van der Waals surface area contributed by atoms with Crippen molar-refractivity contribution in [2.75, 3.05) is 10.6 Å². The summed E-state index contributed by atoms with van der Waals surface area (Å²) in [4.78, 5) is 15.9. The highest BCUT2D eigenvalue weighted by atomic mass is 35.5. The molecule has 2 rings (SSSR count). The number of anilines is 2. The van der Waals surface area contributed by atoms with Gasteiger partial charge in [0.25, 0.3) is 5.91 Å². The van der Waals surface area contributed by atoms with E-state index in [9.17, 15) is 13.2 Å². The van der Waals surface area contributed by atoms with Crippen molar-refractivity contribution in [2.45, 2.75) is 4.90 Å². The first-order chi connectivity index (χ1) is 11.8. The third kappa shape index (κ3) is 5.02.